The van der Waals surface area contributed by atoms with E-state index in [1.54, 1.807) is 6.92 Å². The van der Waals surface area contributed by atoms with Crippen LogP contribution in [-0.4, -0.2) is 29.3 Å². The average molecular weight is 434 g/mol. The van der Waals surface area contributed by atoms with Crippen LogP contribution in [0.1, 0.15) is 18.9 Å². The van der Waals surface area contributed by atoms with Crippen molar-refractivity contribution in [2.24, 2.45) is 0 Å². The van der Waals surface area contributed by atoms with Crippen LogP contribution in [0.15, 0.2) is 29.0 Å². The summed E-state index contributed by atoms with van der Waals surface area (Å²) in [6.45, 7) is 1.62. The molecule has 2 aromatic rings. The van der Waals surface area contributed by atoms with Crippen LogP contribution < -0.4 is 10.6 Å². The minimum atomic E-state index is -1.12. The van der Waals surface area contributed by atoms with Crippen LogP contribution in [-0.2, 0) is 15.1 Å². The fraction of sp³-hybridized carbons (Fsp3) is 0.267. The predicted molar refractivity (Wildman–Crippen MR) is 93.8 cm³/mol. The van der Waals surface area contributed by atoms with Gasteiger partial charge in [-0.1, -0.05) is 27.5 Å². The van der Waals surface area contributed by atoms with E-state index in [1.165, 1.54) is 31.6 Å². The highest BCUT2D eigenvalue weighted by atomic mass is 79.9. The molecule has 1 aromatic carbocycles. The second-order valence-corrected chi connectivity index (χ2v) is 6.72. The highest BCUT2D eigenvalue weighted by molar-refractivity contribution is 9.10. The summed E-state index contributed by atoms with van der Waals surface area (Å²) in [4.78, 5) is 24.0. The number of hydrogen-bond acceptors (Lipinski definition) is 4. The van der Waals surface area contributed by atoms with Gasteiger partial charge in [-0.15, -0.1) is 0 Å². The monoisotopic (exact) mass is 432 g/mol. The summed E-state index contributed by atoms with van der Waals surface area (Å²) < 4.78 is 19.1. The topological polar surface area (TPSA) is 96.1 Å². The van der Waals surface area contributed by atoms with Crippen molar-refractivity contribution in [1.29, 1.82) is 0 Å². The van der Waals surface area contributed by atoms with Crippen molar-refractivity contribution in [1.82, 2.24) is 15.5 Å². The summed E-state index contributed by atoms with van der Waals surface area (Å²) in [6, 6.07) is 1.88. The van der Waals surface area contributed by atoms with Crippen molar-refractivity contribution in [2.75, 3.05) is 12.4 Å². The number of hydrogen-bond donors (Lipinski definition) is 3. The number of aromatic nitrogens is 2. The maximum Gasteiger partial charge on any atom is 0.320 e. The molecule has 10 heteroatoms. The normalized spacial score (nSPS) is 13.0. The number of halogens is 3. The molecular weight excluding hydrogens is 419 g/mol. The molecule has 0 aliphatic carbocycles. The first kappa shape index (κ1) is 19.2. The summed E-state index contributed by atoms with van der Waals surface area (Å²) in [5.41, 5.74) is -0.743. The van der Waals surface area contributed by atoms with Gasteiger partial charge >= 0.3 is 12.0 Å². The van der Waals surface area contributed by atoms with E-state index < -0.39 is 23.4 Å². The van der Waals surface area contributed by atoms with Gasteiger partial charge in [0.25, 0.3) is 0 Å². The molecule has 1 atom stereocenters. The van der Waals surface area contributed by atoms with Crippen molar-refractivity contribution < 1.29 is 18.7 Å². The van der Waals surface area contributed by atoms with Gasteiger partial charge in [-0.2, -0.15) is 5.10 Å². The Labute approximate surface area is 156 Å². The van der Waals surface area contributed by atoms with Gasteiger partial charge in [-0.3, -0.25) is 9.89 Å². The maximum atomic E-state index is 14.0. The number of H-pyrrole nitrogens is 1. The zero-order valence-electron chi connectivity index (χ0n) is 13.3. The molecule has 0 unspecified atom stereocenters. The zero-order chi connectivity index (χ0) is 18.6. The number of aromatic amines is 1. The van der Waals surface area contributed by atoms with Crippen LogP contribution in [0.5, 0.6) is 0 Å². The summed E-state index contributed by atoms with van der Waals surface area (Å²) in [5.74, 6) is -1.23. The van der Waals surface area contributed by atoms with Gasteiger partial charge in [-0.25, -0.2) is 9.18 Å². The number of nitrogens with zero attached hydrogens (tertiary/aromatic N) is 1. The number of carbonyl (C=O) groups is 2. The number of methoxy groups -OCH3 is 1. The van der Waals surface area contributed by atoms with Crippen LogP contribution in [0.3, 0.4) is 0 Å². The van der Waals surface area contributed by atoms with E-state index in [2.05, 4.69) is 41.5 Å². The van der Waals surface area contributed by atoms with Gasteiger partial charge in [0.05, 0.1) is 36.0 Å². The minimum Gasteiger partial charge on any atom is -0.469 e. The number of urea groups is 1. The van der Waals surface area contributed by atoms with E-state index in [-0.39, 0.29) is 17.1 Å². The molecule has 25 heavy (non-hydrogen) atoms. The third kappa shape index (κ3) is 4.70. The number of esters is 1. The third-order valence-corrected chi connectivity index (χ3v) is 4.25. The summed E-state index contributed by atoms with van der Waals surface area (Å²) >= 11 is 9.06. The standard InChI is InChI=1S/C15H15BrClFN4O3/c1-15(5-12(23)25-2,8-6-19-20-7-8)22-14(24)21-13-10(17)3-9(16)4-11(13)18/h3-4,6-7H,5H2,1-2H3,(H,19,20)(H2,21,22,24)/t15-/m0/s1. The first-order chi connectivity index (χ1) is 11.7. The van der Waals surface area contributed by atoms with Crippen LogP contribution in [0, 0.1) is 5.82 Å². The molecule has 1 heterocycles. The molecule has 0 aliphatic heterocycles. The van der Waals surface area contributed by atoms with Crippen molar-refractivity contribution in [3.8, 4) is 0 Å². The maximum absolute atomic E-state index is 14.0. The molecule has 0 aliphatic rings. The van der Waals surface area contributed by atoms with Gasteiger partial charge < -0.3 is 15.4 Å². The Kier molecular flexibility index (Phi) is 6.02. The van der Waals surface area contributed by atoms with Gasteiger partial charge in [0.15, 0.2) is 0 Å². The third-order valence-electron chi connectivity index (χ3n) is 3.50. The number of anilines is 1. The van der Waals surface area contributed by atoms with Crippen LogP contribution in [0.2, 0.25) is 5.02 Å². The molecular formula is C15H15BrClFN4O3. The van der Waals surface area contributed by atoms with Gasteiger partial charge in [0.1, 0.15) is 5.82 Å². The molecule has 0 bridgehead atoms. The molecule has 0 radical (unpaired) electrons. The Bertz CT molecular complexity index is 764. The molecule has 2 amide bonds. The Morgan fingerprint density at radius 2 is 2.20 bits per heavy atom. The number of rotatable bonds is 5. The number of amides is 2. The second kappa shape index (κ2) is 7.83. The highest BCUT2D eigenvalue weighted by Gasteiger charge is 2.33. The van der Waals surface area contributed by atoms with Gasteiger partial charge in [0, 0.05) is 16.2 Å². The summed E-state index contributed by atoms with van der Waals surface area (Å²) in [5, 5.41) is 11.4. The average Bonchev–Trinajstić information content (AvgIpc) is 3.05. The lowest BCUT2D eigenvalue weighted by Gasteiger charge is -2.29. The van der Waals surface area contributed by atoms with Crippen LogP contribution in [0.4, 0.5) is 14.9 Å². The number of nitrogens with one attached hydrogen (secondary N) is 3. The van der Waals surface area contributed by atoms with Crippen molar-refractivity contribution >= 4 is 45.2 Å². The van der Waals surface area contributed by atoms with Crippen molar-refractivity contribution in [3.05, 3.63) is 45.4 Å². The number of benzene rings is 1. The largest absolute Gasteiger partial charge is 0.469 e. The van der Waals surface area contributed by atoms with E-state index in [9.17, 15) is 14.0 Å². The minimum absolute atomic E-state index is 0.0278. The second-order valence-electron chi connectivity index (χ2n) is 5.40. The summed E-state index contributed by atoms with van der Waals surface area (Å²) in [6.07, 6.45) is 2.86. The summed E-state index contributed by atoms with van der Waals surface area (Å²) in [7, 11) is 1.25. The van der Waals surface area contributed by atoms with E-state index in [0.29, 0.717) is 10.0 Å². The van der Waals surface area contributed by atoms with E-state index in [0.717, 1.165) is 0 Å². The highest BCUT2D eigenvalue weighted by Crippen LogP contribution is 2.30. The van der Waals surface area contributed by atoms with E-state index >= 15 is 0 Å². The quantitative estimate of drug-likeness (QED) is 0.628. The van der Waals surface area contributed by atoms with Crippen molar-refractivity contribution in [3.63, 3.8) is 0 Å². The molecule has 134 valence electrons. The molecule has 1 aromatic heterocycles. The predicted octanol–water partition coefficient (Wildman–Crippen LogP) is 3.56. The lowest BCUT2D eigenvalue weighted by atomic mass is 9.91. The molecule has 0 saturated heterocycles. The Morgan fingerprint density at radius 1 is 1.48 bits per heavy atom. The van der Waals surface area contributed by atoms with Crippen LogP contribution in [0.25, 0.3) is 0 Å². The van der Waals surface area contributed by atoms with E-state index in [1.807, 2.05) is 0 Å². The number of carbonyl (C=O) groups excluding carboxylic acids is 2. The SMILES string of the molecule is COC(=O)C[C@](C)(NC(=O)Nc1c(F)cc(Br)cc1Cl)c1cn[nH]c1. The van der Waals surface area contributed by atoms with Gasteiger partial charge in [-0.05, 0) is 19.1 Å². The van der Waals surface area contributed by atoms with Gasteiger partial charge in [0.2, 0.25) is 0 Å². The van der Waals surface area contributed by atoms with Crippen molar-refractivity contribution in [2.45, 2.75) is 18.9 Å². The smallest absolute Gasteiger partial charge is 0.320 e. The Hall–Kier alpha value is -2.13. The Balaban J connectivity index is 2.22. The van der Waals surface area contributed by atoms with Crippen LogP contribution >= 0.6 is 27.5 Å². The lowest BCUT2D eigenvalue weighted by Crippen LogP contribution is -2.47. The number of ether oxygens (including phenoxy) is 1. The molecule has 0 saturated carbocycles. The fourth-order valence-electron chi connectivity index (χ4n) is 2.19. The van der Waals surface area contributed by atoms with E-state index in [4.69, 9.17) is 11.6 Å². The fourth-order valence-corrected chi connectivity index (χ4v) is 3.01. The molecule has 3 N–H and O–H groups in total. The molecule has 7 nitrogen and oxygen atoms in total. The molecule has 0 spiro atoms. The first-order valence-electron chi connectivity index (χ1n) is 7.05. The molecule has 2 rings (SSSR count). The lowest BCUT2D eigenvalue weighted by molar-refractivity contribution is -0.142. The molecule has 0 fully saturated rings. The Morgan fingerprint density at radius 3 is 2.76 bits per heavy atom. The zero-order valence-corrected chi connectivity index (χ0v) is 15.7. The first-order valence-corrected chi connectivity index (χ1v) is 8.22.